The Bertz CT molecular complexity index is 1040. The van der Waals surface area contributed by atoms with Crippen LogP contribution in [0.1, 0.15) is 31.1 Å². The highest BCUT2D eigenvalue weighted by molar-refractivity contribution is 7.99. The zero-order valence-corrected chi connectivity index (χ0v) is 19.0. The number of thioether (sulfide) groups is 1. The molecule has 2 aromatic rings. The predicted octanol–water partition coefficient (Wildman–Crippen LogP) is 4.99. The lowest BCUT2D eigenvalue weighted by Gasteiger charge is -2.21. The fourth-order valence-corrected chi connectivity index (χ4v) is 5.02. The fraction of sp³-hybridized carbons (Fsp3) is 0.316. The minimum Gasteiger partial charge on any atom is -0.495 e. The van der Waals surface area contributed by atoms with E-state index in [9.17, 15) is 22.0 Å². The van der Waals surface area contributed by atoms with E-state index in [1.54, 1.807) is 20.8 Å². The average molecular weight is 479 g/mol. The van der Waals surface area contributed by atoms with Crippen molar-refractivity contribution in [1.29, 1.82) is 0 Å². The van der Waals surface area contributed by atoms with Crippen molar-refractivity contribution < 1.29 is 26.7 Å². The molecule has 0 saturated heterocycles. The first kappa shape index (κ1) is 24.4. The van der Waals surface area contributed by atoms with Crippen LogP contribution in [0.3, 0.4) is 0 Å². The number of amides is 1. The molecule has 2 aromatic carbocycles. The van der Waals surface area contributed by atoms with E-state index in [-0.39, 0.29) is 43.6 Å². The van der Waals surface area contributed by atoms with Gasteiger partial charge < -0.3 is 10.1 Å². The van der Waals surface area contributed by atoms with Crippen LogP contribution >= 0.6 is 23.4 Å². The van der Waals surface area contributed by atoms with E-state index < -0.39 is 27.2 Å². The molecular formula is C19H21ClF2N2O4S2. The number of hydrogen-bond donors (Lipinski definition) is 2. The number of methoxy groups -OCH3 is 1. The molecular weight excluding hydrogens is 458 g/mol. The molecule has 11 heteroatoms. The van der Waals surface area contributed by atoms with Gasteiger partial charge in [0.15, 0.2) is 0 Å². The molecule has 6 nitrogen and oxygen atoms in total. The summed E-state index contributed by atoms with van der Waals surface area (Å²) in [5.74, 6) is -3.37. The van der Waals surface area contributed by atoms with Crippen molar-refractivity contribution in [1.82, 2.24) is 4.72 Å². The highest BCUT2D eigenvalue weighted by atomic mass is 35.5. The van der Waals surface area contributed by atoms with Crippen LogP contribution < -0.4 is 14.8 Å². The number of carbonyl (C=O) groups excluding carboxylic acids is 1. The van der Waals surface area contributed by atoms with Crippen LogP contribution in [0.25, 0.3) is 0 Å². The Kier molecular flexibility index (Phi) is 7.73. The van der Waals surface area contributed by atoms with Crippen molar-refractivity contribution in [3.8, 4) is 5.75 Å². The smallest absolute Gasteiger partial charge is 0.289 e. The van der Waals surface area contributed by atoms with E-state index in [2.05, 4.69) is 10.0 Å². The highest BCUT2D eigenvalue weighted by Gasteiger charge is 2.26. The highest BCUT2D eigenvalue weighted by Crippen LogP contribution is 2.38. The minimum atomic E-state index is -4.00. The van der Waals surface area contributed by atoms with E-state index in [0.717, 1.165) is 6.07 Å². The first-order chi connectivity index (χ1) is 13.8. The maximum absolute atomic E-state index is 12.8. The average Bonchev–Trinajstić information content (AvgIpc) is 2.61. The normalized spacial score (nSPS) is 12.1. The molecule has 2 rings (SSSR count). The molecule has 1 amide bonds. The van der Waals surface area contributed by atoms with Crippen molar-refractivity contribution in [3.05, 3.63) is 47.0 Å². The lowest BCUT2D eigenvalue weighted by Crippen LogP contribution is -2.40. The molecule has 0 unspecified atom stereocenters. The Morgan fingerprint density at radius 3 is 2.43 bits per heavy atom. The van der Waals surface area contributed by atoms with Crippen molar-refractivity contribution in [2.24, 2.45) is 0 Å². The number of ether oxygens (including phenoxy) is 1. The molecule has 0 aromatic heterocycles. The molecule has 164 valence electrons. The Hall–Kier alpha value is -1.88. The van der Waals surface area contributed by atoms with Gasteiger partial charge in [-0.2, -0.15) is 8.78 Å². The summed E-state index contributed by atoms with van der Waals surface area (Å²) >= 11 is 6.18. The number of hydrogen-bond acceptors (Lipinski definition) is 5. The van der Waals surface area contributed by atoms with Gasteiger partial charge in [-0.3, -0.25) is 4.79 Å². The van der Waals surface area contributed by atoms with E-state index in [1.165, 1.54) is 37.4 Å². The summed E-state index contributed by atoms with van der Waals surface area (Å²) in [5.41, 5.74) is -0.673. The van der Waals surface area contributed by atoms with Crippen LogP contribution in [-0.2, 0) is 10.0 Å². The maximum Gasteiger partial charge on any atom is 0.289 e. The van der Waals surface area contributed by atoms with Gasteiger partial charge in [0.2, 0.25) is 10.0 Å². The van der Waals surface area contributed by atoms with E-state index >= 15 is 0 Å². The van der Waals surface area contributed by atoms with Crippen LogP contribution in [0.4, 0.5) is 14.5 Å². The quantitative estimate of drug-likeness (QED) is 0.547. The van der Waals surface area contributed by atoms with Crippen molar-refractivity contribution in [2.75, 3.05) is 12.4 Å². The second-order valence-electron chi connectivity index (χ2n) is 7.17. The van der Waals surface area contributed by atoms with Gasteiger partial charge in [0.05, 0.1) is 22.7 Å². The standard InChI is InChI=1S/C19H21ClF2N2O4S2/c1-19(2,3)24-30(26,27)15-10-11(8-9-14(15)28-4)17(25)23-13-7-5-6-12(20)16(13)29-18(21)22/h5-10,18,24H,1-4H3,(H,23,25). The molecule has 0 aliphatic heterocycles. The summed E-state index contributed by atoms with van der Waals surface area (Å²) < 4.78 is 58.8. The van der Waals surface area contributed by atoms with Crippen LogP contribution in [0.2, 0.25) is 5.02 Å². The van der Waals surface area contributed by atoms with Crippen LogP contribution in [0, 0.1) is 0 Å². The van der Waals surface area contributed by atoms with E-state index in [1.807, 2.05) is 0 Å². The van der Waals surface area contributed by atoms with Crippen LogP contribution in [0.15, 0.2) is 46.2 Å². The molecule has 0 aliphatic rings. The zero-order chi connectivity index (χ0) is 22.7. The Labute approximate surface area is 183 Å². The van der Waals surface area contributed by atoms with Crippen LogP contribution in [0.5, 0.6) is 5.75 Å². The molecule has 0 saturated carbocycles. The van der Waals surface area contributed by atoms with Gasteiger partial charge in [-0.15, -0.1) is 0 Å². The summed E-state index contributed by atoms with van der Waals surface area (Å²) in [5, 5.41) is 2.56. The number of halogens is 3. The number of anilines is 1. The molecule has 2 N–H and O–H groups in total. The summed E-state index contributed by atoms with van der Waals surface area (Å²) in [6.07, 6.45) is 0. The minimum absolute atomic E-state index is 0.00180. The SMILES string of the molecule is COc1ccc(C(=O)Nc2cccc(Cl)c2SC(F)F)cc1S(=O)(=O)NC(C)(C)C. The molecule has 0 spiro atoms. The lowest BCUT2D eigenvalue weighted by molar-refractivity contribution is 0.102. The number of carbonyl (C=O) groups is 1. The maximum atomic E-state index is 12.8. The second kappa shape index (κ2) is 9.51. The largest absolute Gasteiger partial charge is 0.495 e. The summed E-state index contributed by atoms with van der Waals surface area (Å²) in [6.45, 7) is 5.03. The van der Waals surface area contributed by atoms with Crippen molar-refractivity contribution >= 4 is 45.0 Å². The Morgan fingerprint density at radius 1 is 1.20 bits per heavy atom. The predicted molar refractivity (Wildman–Crippen MR) is 114 cm³/mol. The number of benzene rings is 2. The zero-order valence-electron chi connectivity index (χ0n) is 16.6. The number of alkyl halides is 2. The summed E-state index contributed by atoms with van der Waals surface area (Å²) in [6, 6.07) is 8.24. The first-order valence-electron chi connectivity index (χ1n) is 8.61. The first-order valence-corrected chi connectivity index (χ1v) is 11.3. The number of rotatable bonds is 7. The molecule has 0 heterocycles. The van der Waals surface area contributed by atoms with Gasteiger partial charge in [0, 0.05) is 11.1 Å². The number of sulfonamides is 1. The van der Waals surface area contributed by atoms with Gasteiger partial charge in [0.25, 0.3) is 11.7 Å². The van der Waals surface area contributed by atoms with Gasteiger partial charge >= 0.3 is 0 Å². The van der Waals surface area contributed by atoms with E-state index in [4.69, 9.17) is 16.3 Å². The molecule has 0 fully saturated rings. The molecule has 0 radical (unpaired) electrons. The third-order valence-electron chi connectivity index (χ3n) is 3.58. The monoisotopic (exact) mass is 478 g/mol. The van der Waals surface area contributed by atoms with Gasteiger partial charge in [-0.1, -0.05) is 29.4 Å². The van der Waals surface area contributed by atoms with Crippen LogP contribution in [-0.4, -0.2) is 32.7 Å². The third kappa shape index (κ3) is 6.31. The fourth-order valence-electron chi connectivity index (χ4n) is 2.50. The molecule has 30 heavy (non-hydrogen) atoms. The third-order valence-corrected chi connectivity index (χ3v) is 6.64. The van der Waals surface area contributed by atoms with Crippen molar-refractivity contribution in [3.63, 3.8) is 0 Å². The van der Waals surface area contributed by atoms with Gasteiger partial charge in [0.1, 0.15) is 10.6 Å². The Morgan fingerprint density at radius 2 is 1.87 bits per heavy atom. The molecule has 0 bridgehead atoms. The summed E-state index contributed by atoms with van der Waals surface area (Å²) in [4.78, 5) is 12.5. The topological polar surface area (TPSA) is 84.5 Å². The van der Waals surface area contributed by atoms with Gasteiger partial charge in [-0.25, -0.2) is 13.1 Å². The Balaban J connectivity index is 2.42. The molecule has 0 aliphatic carbocycles. The second-order valence-corrected chi connectivity index (χ2v) is 10.2. The lowest BCUT2D eigenvalue weighted by atomic mass is 10.1. The molecule has 0 atom stereocenters. The van der Waals surface area contributed by atoms with Gasteiger partial charge in [-0.05, 0) is 51.1 Å². The van der Waals surface area contributed by atoms with E-state index in [0.29, 0.717) is 0 Å². The van der Waals surface area contributed by atoms with Crippen molar-refractivity contribution in [2.45, 2.75) is 41.9 Å². The summed E-state index contributed by atoms with van der Waals surface area (Å²) in [7, 11) is -2.69. The number of nitrogens with one attached hydrogen (secondary N) is 2.